The van der Waals surface area contributed by atoms with Gasteiger partial charge in [-0.15, -0.1) is 0 Å². The van der Waals surface area contributed by atoms with Crippen molar-refractivity contribution in [2.75, 3.05) is 0 Å². The number of fused-ring (bicyclic) bond motifs is 2. The highest BCUT2D eigenvalue weighted by molar-refractivity contribution is 6.11. The Balaban J connectivity index is 0.00000173. The number of benzene rings is 6. The van der Waals surface area contributed by atoms with E-state index < -0.39 is 0 Å². The van der Waals surface area contributed by atoms with Gasteiger partial charge in [0.1, 0.15) is 0 Å². The van der Waals surface area contributed by atoms with E-state index in [0.29, 0.717) is 0 Å². The molecule has 6 aromatic carbocycles. The van der Waals surface area contributed by atoms with Crippen LogP contribution in [0.25, 0.3) is 60.5 Å². The molecule has 0 amide bonds. The maximum Gasteiger partial charge on any atom is -0.00694 e. The van der Waals surface area contributed by atoms with Gasteiger partial charge >= 0.3 is 0 Å². The molecular weight excluding hydrogens is 504 g/mol. The average molecular weight is 545 g/mol. The summed E-state index contributed by atoms with van der Waals surface area (Å²) in [5.41, 5.74) is 12.8. The summed E-state index contributed by atoms with van der Waals surface area (Å²) in [6, 6.07) is 42.1. The highest BCUT2D eigenvalue weighted by atomic mass is 14.2. The quantitative estimate of drug-likeness (QED) is 0.189. The maximum atomic E-state index is 2.37. The fourth-order valence-electron chi connectivity index (χ4n) is 6.28. The van der Waals surface area contributed by atoms with E-state index in [0.717, 1.165) is 0 Å². The van der Waals surface area contributed by atoms with Gasteiger partial charge < -0.3 is 0 Å². The second kappa shape index (κ2) is 12.9. The molecule has 0 aliphatic heterocycles. The Kier molecular flexibility index (Phi) is 8.84. The van der Waals surface area contributed by atoms with Crippen LogP contribution in [0.5, 0.6) is 0 Å². The highest BCUT2D eigenvalue weighted by Crippen LogP contribution is 2.45. The fraction of sp³-hybridized carbons (Fsp3) is 0.143. The van der Waals surface area contributed by atoms with Crippen LogP contribution in [0.2, 0.25) is 0 Å². The van der Waals surface area contributed by atoms with Gasteiger partial charge in [0.15, 0.2) is 0 Å². The van der Waals surface area contributed by atoms with Crippen molar-refractivity contribution >= 4 is 27.1 Å². The lowest BCUT2D eigenvalue weighted by atomic mass is 9.82. The van der Waals surface area contributed by atoms with Crippen molar-refractivity contribution in [1.29, 1.82) is 0 Å². The van der Waals surface area contributed by atoms with Crippen molar-refractivity contribution in [3.8, 4) is 33.4 Å². The molecule has 0 nitrogen and oxygen atoms in total. The highest BCUT2D eigenvalue weighted by Gasteiger charge is 2.19. The van der Waals surface area contributed by atoms with Crippen LogP contribution in [0.3, 0.4) is 0 Å². The molecule has 6 rings (SSSR count). The summed E-state index contributed by atoms with van der Waals surface area (Å²) >= 11 is 0. The number of hydrogen-bond acceptors (Lipinski definition) is 0. The van der Waals surface area contributed by atoms with Crippen LogP contribution >= 0.6 is 0 Å². The van der Waals surface area contributed by atoms with E-state index in [1.165, 1.54) is 77.2 Å². The lowest BCUT2D eigenvalue weighted by Crippen LogP contribution is -1.96. The van der Waals surface area contributed by atoms with Gasteiger partial charge in [-0.3, -0.25) is 0 Å². The molecule has 42 heavy (non-hydrogen) atoms. The van der Waals surface area contributed by atoms with Crippen molar-refractivity contribution in [1.82, 2.24) is 0 Å². The summed E-state index contributed by atoms with van der Waals surface area (Å²) in [5, 5.41) is 5.14. The van der Waals surface area contributed by atoms with Crippen LogP contribution in [0.4, 0.5) is 0 Å². The van der Waals surface area contributed by atoms with Crippen molar-refractivity contribution < 1.29 is 0 Å². The Labute approximate surface area is 251 Å². The van der Waals surface area contributed by atoms with Gasteiger partial charge in [-0.2, -0.15) is 0 Å². The predicted molar refractivity (Wildman–Crippen MR) is 187 cm³/mol. The molecule has 0 aromatic heterocycles. The van der Waals surface area contributed by atoms with Crippen LogP contribution < -0.4 is 0 Å². The molecule has 0 atom stereocenters. The van der Waals surface area contributed by atoms with Crippen LogP contribution in [-0.4, -0.2) is 0 Å². The first-order chi connectivity index (χ1) is 20.6. The molecule has 0 aliphatic rings. The van der Waals surface area contributed by atoms with Gasteiger partial charge in [0.25, 0.3) is 0 Å². The minimum Gasteiger partial charge on any atom is -0.0871 e. The Morgan fingerprint density at radius 1 is 0.500 bits per heavy atom. The van der Waals surface area contributed by atoms with Gasteiger partial charge in [0.2, 0.25) is 0 Å². The first-order valence-electron chi connectivity index (χ1n) is 15.1. The average Bonchev–Trinajstić information content (AvgIpc) is 3.04. The number of allylic oxidation sites excluding steroid dienone is 4. The minimum absolute atomic E-state index is 1.25. The molecule has 0 aliphatic carbocycles. The van der Waals surface area contributed by atoms with E-state index in [2.05, 4.69) is 161 Å². The van der Waals surface area contributed by atoms with Gasteiger partial charge in [0.05, 0.1) is 0 Å². The fourth-order valence-corrected chi connectivity index (χ4v) is 6.28. The largest absolute Gasteiger partial charge is 0.0871 e. The topological polar surface area (TPSA) is 0 Å². The van der Waals surface area contributed by atoms with E-state index in [-0.39, 0.29) is 0 Å². The second-order valence-corrected chi connectivity index (χ2v) is 10.5. The molecule has 0 unspecified atom stereocenters. The van der Waals surface area contributed by atoms with Gasteiger partial charge in [0, 0.05) is 0 Å². The SMILES string of the molecule is C/C=C\C(=C/C)c1cc(C)c(-c2ccccc2-c2c(C)cc(-c3ccccc3)c3ccccc23)c2ccccc12.CC. The van der Waals surface area contributed by atoms with Crippen LogP contribution in [0.1, 0.15) is 44.4 Å². The minimum atomic E-state index is 1.25. The Hall–Kier alpha value is -4.68. The van der Waals surface area contributed by atoms with Crippen LogP contribution in [0, 0.1) is 13.8 Å². The summed E-state index contributed by atoms with van der Waals surface area (Å²) in [5.74, 6) is 0. The van der Waals surface area contributed by atoms with Gasteiger partial charge in [-0.05, 0) is 105 Å². The summed E-state index contributed by atoms with van der Waals surface area (Å²) < 4.78 is 0. The van der Waals surface area contributed by atoms with Crippen LogP contribution in [0.15, 0.2) is 133 Å². The maximum absolute atomic E-state index is 2.37. The van der Waals surface area contributed by atoms with Crippen LogP contribution in [-0.2, 0) is 0 Å². The number of aryl methyl sites for hydroxylation is 2. The molecular formula is C42H40. The molecule has 0 fully saturated rings. The van der Waals surface area contributed by atoms with E-state index in [1.54, 1.807) is 0 Å². The molecule has 0 N–H and O–H groups in total. The molecule has 0 spiro atoms. The Morgan fingerprint density at radius 2 is 0.976 bits per heavy atom. The summed E-state index contributed by atoms with van der Waals surface area (Å²) in [4.78, 5) is 0. The third-order valence-electron chi connectivity index (χ3n) is 8.00. The number of rotatable bonds is 5. The van der Waals surface area contributed by atoms with Crippen molar-refractivity contribution in [2.24, 2.45) is 0 Å². The zero-order chi connectivity index (χ0) is 29.6. The smallest absolute Gasteiger partial charge is 0.00694 e. The monoisotopic (exact) mass is 544 g/mol. The molecule has 0 saturated heterocycles. The van der Waals surface area contributed by atoms with E-state index in [4.69, 9.17) is 0 Å². The lowest BCUT2D eigenvalue weighted by Gasteiger charge is -2.21. The molecule has 208 valence electrons. The van der Waals surface area contributed by atoms with E-state index in [9.17, 15) is 0 Å². The van der Waals surface area contributed by atoms with E-state index >= 15 is 0 Å². The lowest BCUT2D eigenvalue weighted by molar-refractivity contribution is 1.45. The van der Waals surface area contributed by atoms with Crippen molar-refractivity contribution in [3.63, 3.8) is 0 Å². The predicted octanol–water partition coefficient (Wildman–Crippen LogP) is 12.6. The molecule has 0 saturated carbocycles. The summed E-state index contributed by atoms with van der Waals surface area (Å²) in [7, 11) is 0. The normalized spacial score (nSPS) is 11.6. The van der Waals surface area contributed by atoms with E-state index in [1.807, 2.05) is 13.8 Å². The first kappa shape index (κ1) is 28.8. The standard InChI is InChI=1S/C40H34.C2H6/c1-5-16-29(6-2)37-25-27(3)39(33-21-12-10-19-31(33)37)35-23-14-15-24-36(35)40-28(4)26-38(30-17-8-7-9-18-30)32-20-11-13-22-34(32)40;1-2/h5-26H,1-4H3;1-2H3/b16-5-,29-6+;. The number of hydrogen-bond donors (Lipinski definition) is 0. The summed E-state index contributed by atoms with van der Waals surface area (Å²) in [6.07, 6.45) is 6.53. The molecule has 0 heteroatoms. The van der Waals surface area contributed by atoms with Gasteiger partial charge in [-0.25, -0.2) is 0 Å². The Bertz CT molecular complexity index is 1920. The summed E-state index contributed by atoms with van der Waals surface area (Å²) in [6.45, 7) is 12.7. The van der Waals surface area contributed by atoms with Gasteiger partial charge in [-0.1, -0.05) is 147 Å². The molecule has 0 bridgehead atoms. The van der Waals surface area contributed by atoms with Crippen molar-refractivity contribution in [2.45, 2.75) is 41.5 Å². The zero-order valence-corrected chi connectivity index (χ0v) is 25.7. The molecule has 0 heterocycles. The zero-order valence-electron chi connectivity index (χ0n) is 25.7. The van der Waals surface area contributed by atoms with Crippen molar-refractivity contribution in [3.05, 3.63) is 150 Å². The Morgan fingerprint density at radius 3 is 1.55 bits per heavy atom. The second-order valence-electron chi connectivity index (χ2n) is 10.5. The first-order valence-corrected chi connectivity index (χ1v) is 15.1. The molecule has 0 radical (unpaired) electrons. The third-order valence-corrected chi connectivity index (χ3v) is 8.00. The third kappa shape index (κ3) is 5.21. The molecule has 6 aromatic rings.